The fourth-order valence-electron chi connectivity index (χ4n) is 1.75. The maximum atomic E-state index is 11.2. The van der Waals surface area contributed by atoms with Gasteiger partial charge in [0, 0.05) is 38.5 Å². The fraction of sp³-hybridized carbons (Fsp3) is 0.909. The van der Waals surface area contributed by atoms with Crippen LogP contribution in [0.1, 0.15) is 13.3 Å². The van der Waals surface area contributed by atoms with Gasteiger partial charge < -0.3 is 10.1 Å². The van der Waals surface area contributed by atoms with Crippen LogP contribution in [-0.2, 0) is 9.53 Å². The van der Waals surface area contributed by atoms with Gasteiger partial charge in [-0.1, -0.05) is 6.92 Å². The summed E-state index contributed by atoms with van der Waals surface area (Å²) in [6, 6.07) is 0. The summed E-state index contributed by atoms with van der Waals surface area (Å²) in [4.78, 5) is 13.6. The highest BCUT2D eigenvalue weighted by atomic mass is 35.5. The molecule has 16 heavy (non-hydrogen) atoms. The third-order valence-electron chi connectivity index (χ3n) is 2.64. The second-order valence-corrected chi connectivity index (χ2v) is 4.64. The monoisotopic (exact) mass is 248 g/mol. The zero-order valence-electron chi connectivity index (χ0n) is 9.88. The lowest BCUT2D eigenvalue weighted by atomic mass is 10.1. The Morgan fingerprint density at radius 2 is 2.19 bits per heavy atom. The van der Waals surface area contributed by atoms with Crippen molar-refractivity contribution in [2.24, 2.45) is 5.92 Å². The highest BCUT2D eigenvalue weighted by Crippen LogP contribution is 2.02. The molecule has 1 saturated heterocycles. The Labute approximate surface area is 102 Å². The van der Waals surface area contributed by atoms with Crippen LogP contribution in [0, 0.1) is 5.92 Å². The van der Waals surface area contributed by atoms with Crippen molar-refractivity contribution in [3.05, 3.63) is 0 Å². The maximum Gasteiger partial charge on any atom is 0.221 e. The van der Waals surface area contributed by atoms with Crippen LogP contribution in [0.3, 0.4) is 0 Å². The van der Waals surface area contributed by atoms with Gasteiger partial charge in [-0.15, -0.1) is 11.6 Å². The third-order valence-corrected chi connectivity index (χ3v) is 2.83. The van der Waals surface area contributed by atoms with Crippen LogP contribution >= 0.6 is 11.6 Å². The van der Waals surface area contributed by atoms with Crippen LogP contribution in [0.25, 0.3) is 0 Å². The molecule has 0 aromatic heterocycles. The molecule has 1 aliphatic heterocycles. The Bertz CT molecular complexity index is 208. The molecule has 0 aromatic carbocycles. The van der Waals surface area contributed by atoms with Crippen molar-refractivity contribution < 1.29 is 9.53 Å². The fourth-order valence-corrected chi connectivity index (χ4v) is 1.92. The van der Waals surface area contributed by atoms with E-state index < -0.39 is 0 Å². The summed E-state index contributed by atoms with van der Waals surface area (Å²) in [6.07, 6.45) is 0.409. The normalized spacial score (nSPS) is 19.4. The lowest BCUT2D eigenvalue weighted by Gasteiger charge is -2.29. The van der Waals surface area contributed by atoms with Gasteiger partial charge in [0.2, 0.25) is 5.91 Å². The molecule has 1 fully saturated rings. The molecule has 1 aliphatic rings. The van der Waals surface area contributed by atoms with Gasteiger partial charge in [-0.05, 0) is 5.92 Å². The minimum absolute atomic E-state index is 0.0452. The largest absolute Gasteiger partial charge is 0.379 e. The Morgan fingerprint density at radius 1 is 1.50 bits per heavy atom. The van der Waals surface area contributed by atoms with Crippen molar-refractivity contribution in [2.45, 2.75) is 13.3 Å². The van der Waals surface area contributed by atoms with Gasteiger partial charge in [-0.2, -0.15) is 0 Å². The molecule has 0 aliphatic carbocycles. The van der Waals surface area contributed by atoms with Gasteiger partial charge in [-0.3, -0.25) is 9.69 Å². The van der Waals surface area contributed by atoms with E-state index in [0.29, 0.717) is 18.2 Å². The predicted octanol–water partition coefficient (Wildman–Crippen LogP) is 0.700. The van der Waals surface area contributed by atoms with Crippen molar-refractivity contribution in [2.75, 3.05) is 45.3 Å². The Hall–Kier alpha value is -0.320. The van der Waals surface area contributed by atoms with E-state index in [9.17, 15) is 4.79 Å². The van der Waals surface area contributed by atoms with E-state index in [1.807, 2.05) is 0 Å². The summed E-state index contributed by atoms with van der Waals surface area (Å²) in [6.45, 7) is 7.55. The first-order valence-corrected chi connectivity index (χ1v) is 6.38. The highest BCUT2D eigenvalue weighted by molar-refractivity contribution is 6.18. The Kier molecular flexibility index (Phi) is 6.76. The number of hydrogen-bond acceptors (Lipinski definition) is 3. The highest BCUT2D eigenvalue weighted by Gasteiger charge is 2.13. The van der Waals surface area contributed by atoms with Gasteiger partial charge in [-0.25, -0.2) is 0 Å². The van der Waals surface area contributed by atoms with Crippen LogP contribution in [0.4, 0.5) is 0 Å². The minimum Gasteiger partial charge on any atom is -0.379 e. The van der Waals surface area contributed by atoms with Gasteiger partial charge >= 0.3 is 0 Å². The molecule has 1 N–H and O–H groups in total. The van der Waals surface area contributed by atoms with Crippen molar-refractivity contribution >= 4 is 17.5 Å². The van der Waals surface area contributed by atoms with Crippen molar-refractivity contribution in [3.63, 3.8) is 0 Å². The number of rotatable bonds is 6. The number of hydrogen-bond donors (Lipinski definition) is 1. The van der Waals surface area contributed by atoms with E-state index in [1.54, 1.807) is 0 Å². The molecule has 1 unspecified atom stereocenters. The van der Waals surface area contributed by atoms with E-state index >= 15 is 0 Å². The van der Waals surface area contributed by atoms with Crippen LogP contribution in [0.2, 0.25) is 0 Å². The molecule has 5 heteroatoms. The van der Waals surface area contributed by atoms with E-state index in [4.69, 9.17) is 16.3 Å². The number of carbonyl (C=O) groups excluding carboxylic acids is 1. The molecule has 4 nitrogen and oxygen atoms in total. The average Bonchev–Trinajstić information content (AvgIpc) is 2.28. The number of amides is 1. The zero-order valence-corrected chi connectivity index (χ0v) is 10.6. The van der Waals surface area contributed by atoms with Crippen molar-refractivity contribution in [1.29, 1.82) is 0 Å². The summed E-state index contributed by atoms with van der Waals surface area (Å²) in [5.41, 5.74) is 0. The zero-order chi connectivity index (χ0) is 11.8. The van der Waals surface area contributed by atoms with Gasteiger partial charge in [0.1, 0.15) is 0 Å². The molecular weight excluding hydrogens is 228 g/mol. The van der Waals surface area contributed by atoms with E-state index in [0.717, 1.165) is 39.4 Å². The first-order chi connectivity index (χ1) is 7.72. The molecule has 0 radical (unpaired) electrons. The Morgan fingerprint density at radius 3 is 2.81 bits per heavy atom. The number of nitrogens with zero attached hydrogens (tertiary/aromatic N) is 1. The SMILES string of the molecule is CC(CNC(=O)CCCl)CN1CCOCC1. The number of ether oxygens (including phenoxy) is 1. The minimum atomic E-state index is 0.0452. The molecule has 1 atom stereocenters. The predicted molar refractivity (Wildman–Crippen MR) is 64.8 cm³/mol. The number of alkyl halides is 1. The third kappa shape index (κ3) is 5.68. The summed E-state index contributed by atoms with van der Waals surface area (Å²) in [5, 5.41) is 2.89. The van der Waals surface area contributed by atoms with Gasteiger partial charge in [0.05, 0.1) is 13.2 Å². The van der Waals surface area contributed by atoms with Crippen molar-refractivity contribution in [3.8, 4) is 0 Å². The molecular formula is C11H21ClN2O2. The molecule has 1 rings (SSSR count). The maximum absolute atomic E-state index is 11.2. The number of morpholine rings is 1. The second kappa shape index (κ2) is 7.87. The number of nitrogens with one attached hydrogen (secondary N) is 1. The summed E-state index contributed by atoms with van der Waals surface area (Å²) in [7, 11) is 0. The topological polar surface area (TPSA) is 41.6 Å². The first-order valence-electron chi connectivity index (χ1n) is 5.85. The molecule has 0 aromatic rings. The standard InChI is InChI=1S/C11H21ClN2O2/c1-10(8-13-11(15)2-3-12)9-14-4-6-16-7-5-14/h10H,2-9H2,1H3,(H,13,15). The molecule has 1 amide bonds. The van der Waals surface area contributed by atoms with E-state index in [2.05, 4.69) is 17.1 Å². The van der Waals surface area contributed by atoms with E-state index in [1.165, 1.54) is 0 Å². The molecule has 94 valence electrons. The lowest BCUT2D eigenvalue weighted by molar-refractivity contribution is -0.120. The van der Waals surface area contributed by atoms with Crippen LogP contribution < -0.4 is 5.32 Å². The smallest absolute Gasteiger partial charge is 0.221 e. The number of carbonyl (C=O) groups is 1. The van der Waals surface area contributed by atoms with Crippen LogP contribution in [0.15, 0.2) is 0 Å². The molecule has 0 spiro atoms. The van der Waals surface area contributed by atoms with Crippen molar-refractivity contribution in [1.82, 2.24) is 10.2 Å². The molecule has 0 bridgehead atoms. The van der Waals surface area contributed by atoms with Crippen LogP contribution in [0.5, 0.6) is 0 Å². The summed E-state index contributed by atoms with van der Waals surface area (Å²) >= 11 is 5.48. The van der Waals surface area contributed by atoms with E-state index in [-0.39, 0.29) is 5.91 Å². The van der Waals surface area contributed by atoms with Gasteiger partial charge in [0.15, 0.2) is 0 Å². The molecule has 0 saturated carbocycles. The lowest BCUT2D eigenvalue weighted by Crippen LogP contribution is -2.41. The quantitative estimate of drug-likeness (QED) is 0.704. The Balaban J connectivity index is 2.09. The average molecular weight is 249 g/mol. The second-order valence-electron chi connectivity index (χ2n) is 4.26. The summed E-state index contributed by atoms with van der Waals surface area (Å²) < 4.78 is 5.29. The molecule has 1 heterocycles. The van der Waals surface area contributed by atoms with Gasteiger partial charge in [0.25, 0.3) is 0 Å². The summed E-state index contributed by atoms with van der Waals surface area (Å²) in [5.74, 6) is 0.908. The number of halogens is 1. The first kappa shape index (κ1) is 13.7. The van der Waals surface area contributed by atoms with Crippen LogP contribution in [-0.4, -0.2) is 56.1 Å².